The molecule has 0 unspecified atom stereocenters. The molecule has 0 aromatic heterocycles. The molecule has 1 aromatic rings. The average molecular weight is 575 g/mol. The maximum absolute atomic E-state index is 2.47. The molecule has 1 rings (SSSR count). The molecule has 0 aliphatic rings. The van der Waals surface area contributed by atoms with E-state index < -0.39 is 8.07 Å². The molecule has 0 saturated carbocycles. The van der Waals surface area contributed by atoms with E-state index in [-0.39, 0.29) is 0 Å². The first-order chi connectivity index (χ1) is 17.8. The Bertz CT molecular complexity index is 754. The van der Waals surface area contributed by atoms with Crippen LogP contribution in [0.4, 0.5) is 0 Å². The minimum absolute atomic E-state index is 0.500. The monoisotopic (exact) mass is 575 g/mol. The number of benzene rings is 1. The summed E-state index contributed by atoms with van der Waals surface area (Å²) in [6.07, 6.45) is 2.32. The molecule has 1 heteroatoms. The molecule has 0 atom stereocenters. The third-order valence-corrected chi connectivity index (χ3v) is 16.0. The van der Waals surface area contributed by atoms with Crippen molar-refractivity contribution in [2.24, 2.45) is 29.1 Å². The van der Waals surface area contributed by atoms with Gasteiger partial charge in [0, 0.05) is 0 Å². The van der Waals surface area contributed by atoms with Gasteiger partial charge < -0.3 is 0 Å². The van der Waals surface area contributed by atoms with Crippen molar-refractivity contribution in [2.75, 3.05) is 0 Å². The third kappa shape index (κ3) is 17.2. The largest absolute Gasteiger partial charge is 0.0828 e. The highest BCUT2D eigenvalue weighted by atomic mass is 28.3. The van der Waals surface area contributed by atoms with E-state index in [1.54, 1.807) is 0 Å². The lowest BCUT2D eigenvalue weighted by Gasteiger charge is -2.33. The number of rotatable bonds is 8. The quantitative estimate of drug-likeness (QED) is 0.214. The van der Waals surface area contributed by atoms with E-state index in [2.05, 4.69) is 176 Å². The predicted molar refractivity (Wildman–Crippen MR) is 194 cm³/mol. The normalized spacial score (nSPS) is 12.7. The molecule has 40 heavy (non-hydrogen) atoms. The van der Waals surface area contributed by atoms with Gasteiger partial charge in [0.25, 0.3) is 0 Å². The Labute approximate surface area is 257 Å². The number of hydrogen-bond acceptors (Lipinski definition) is 0. The summed E-state index contributed by atoms with van der Waals surface area (Å²) in [5.41, 5.74) is 8.34. The summed E-state index contributed by atoms with van der Waals surface area (Å²) in [6, 6.07) is 6.63. The van der Waals surface area contributed by atoms with Crippen LogP contribution in [0.1, 0.15) is 160 Å². The Morgan fingerprint density at radius 1 is 0.675 bits per heavy atom. The van der Waals surface area contributed by atoms with Crippen molar-refractivity contribution in [2.45, 2.75) is 174 Å². The van der Waals surface area contributed by atoms with Crippen LogP contribution in [-0.4, -0.2) is 8.07 Å². The van der Waals surface area contributed by atoms with Gasteiger partial charge in [0.2, 0.25) is 0 Å². The van der Waals surface area contributed by atoms with Gasteiger partial charge in [-0.05, 0) is 71.5 Å². The van der Waals surface area contributed by atoms with Crippen LogP contribution in [0.25, 0.3) is 0 Å². The fourth-order valence-corrected chi connectivity index (χ4v) is 5.38. The summed E-state index contributed by atoms with van der Waals surface area (Å²) in [7, 11) is -0.858. The van der Waals surface area contributed by atoms with E-state index >= 15 is 0 Å². The van der Waals surface area contributed by atoms with Crippen LogP contribution in [0.2, 0.25) is 24.2 Å². The minimum Gasteiger partial charge on any atom is -0.0828 e. The minimum atomic E-state index is -0.858. The first-order valence-corrected chi connectivity index (χ1v) is 19.8. The van der Waals surface area contributed by atoms with Crippen molar-refractivity contribution in [3.05, 3.63) is 46.5 Å². The molecule has 1 aromatic carbocycles. The van der Waals surface area contributed by atoms with Crippen molar-refractivity contribution in [1.82, 2.24) is 0 Å². The first kappa shape index (κ1) is 43.6. The molecule has 0 bridgehead atoms. The maximum atomic E-state index is 2.47. The molecule has 0 spiro atoms. The third-order valence-electron chi connectivity index (χ3n) is 10.0. The van der Waals surface area contributed by atoms with Crippen LogP contribution in [0.3, 0.4) is 0 Å². The lowest BCUT2D eigenvalue weighted by molar-refractivity contribution is 0.165. The zero-order valence-electron chi connectivity index (χ0n) is 31.9. The van der Waals surface area contributed by atoms with E-state index in [0.717, 1.165) is 22.9 Å². The van der Waals surface area contributed by atoms with Crippen LogP contribution < -0.4 is 0 Å². The highest BCUT2D eigenvalue weighted by Gasteiger charge is 2.28. The molecule has 0 N–H and O–H groups in total. The second-order valence-electron chi connectivity index (χ2n) is 16.0. The lowest BCUT2D eigenvalue weighted by Crippen LogP contribution is -2.32. The van der Waals surface area contributed by atoms with Crippen LogP contribution in [-0.2, 0) is 0 Å². The standard InChI is InChI=1S/C13H20.C9H20.C9H18.C8H20Si/c1-9(2)12-8-6-7-11(5)13(12)10(3)4;1-7(2)9(5,6)8(3)4;1-7(2)6-9(5)8(3)4;1-7(2)9(5,6)8(3)4/h6-10H,1-5H3;7-8H,1-6H3;6-8H,1-5H3;7-8H,1-6H3/b;;9-6-;. The topological polar surface area (TPSA) is 0 Å². The summed E-state index contributed by atoms with van der Waals surface area (Å²) in [6.45, 7) is 50.6. The van der Waals surface area contributed by atoms with Gasteiger partial charge in [-0.1, -0.05) is 179 Å². The maximum Gasteiger partial charge on any atom is 0.0525 e. The van der Waals surface area contributed by atoms with Crippen molar-refractivity contribution >= 4 is 8.07 Å². The van der Waals surface area contributed by atoms with Gasteiger partial charge in [-0.25, -0.2) is 0 Å². The molecule has 238 valence electrons. The van der Waals surface area contributed by atoms with Crippen LogP contribution in [0.5, 0.6) is 0 Å². The van der Waals surface area contributed by atoms with Crippen LogP contribution in [0, 0.1) is 36.0 Å². The van der Waals surface area contributed by atoms with E-state index in [1.165, 1.54) is 22.3 Å². The summed E-state index contributed by atoms with van der Waals surface area (Å²) in [4.78, 5) is 0. The highest BCUT2D eigenvalue weighted by Crippen LogP contribution is 2.34. The van der Waals surface area contributed by atoms with Crippen LogP contribution in [0.15, 0.2) is 29.8 Å². The smallest absolute Gasteiger partial charge is 0.0525 e. The van der Waals surface area contributed by atoms with Gasteiger partial charge >= 0.3 is 0 Å². The predicted octanol–water partition coefficient (Wildman–Crippen LogP) is 14.3. The van der Waals surface area contributed by atoms with Gasteiger partial charge in [0.15, 0.2) is 0 Å². The SMILES string of the molecule is C/C(=C/C(C)C)C(C)C.CC(C)C(C)(C)C(C)C.CC(C)[Si](C)(C)C(C)C.Cc1cccc(C(C)C)c1C(C)C. The summed E-state index contributed by atoms with van der Waals surface area (Å²) in [5, 5.41) is 0. The molecular weight excluding hydrogens is 497 g/mol. The van der Waals surface area contributed by atoms with E-state index in [0.29, 0.717) is 29.1 Å². The first-order valence-electron chi connectivity index (χ1n) is 16.6. The zero-order valence-corrected chi connectivity index (χ0v) is 32.9. The fraction of sp³-hybridized carbons (Fsp3) is 0.795. The van der Waals surface area contributed by atoms with Crippen molar-refractivity contribution in [3.63, 3.8) is 0 Å². The molecule has 0 nitrogen and oxygen atoms in total. The molecular formula is C39H78Si. The highest BCUT2D eigenvalue weighted by molar-refractivity contribution is 6.79. The van der Waals surface area contributed by atoms with Crippen molar-refractivity contribution in [1.29, 1.82) is 0 Å². The summed E-state index contributed by atoms with van der Waals surface area (Å²) >= 11 is 0. The Balaban J connectivity index is -0.000000465. The number of hydrogen-bond donors (Lipinski definition) is 0. The number of allylic oxidation sites excluding steroid dienone is 2. The average Bonchev–Trinajstić information content (AvgIpc) is 2.78. The second-order valence-corrected chi connectivity index (χ2v) is 21.9. The Morgan fingerprint density at radius 3 is 1.23 bits per heavy atom. The second kappa shape index (κ2) is 20.1. The Kier molecular flexibility index (Phi) is 22.0. The Hall–Kier alpha value is -0.823. The molecule has 0 amide bonds. The molecule has 0 fully saturated rings. The van der Waals surface area contributed by atoms with Crippen LogP contribution >= 0.6 is 0 Å². The van der Waals surface area contributed by atoms with Gasteiger partial charge in [0.1, 0.15) is 0 Å². The Morgan fingerprint density at radius 2 is 1.07 bits per heavy atom. The lowest BCUT2D eigenvalue weighted by atomic mass is 9.72. The number of aryl methyl sites for hydroxylation is 1. The molecule has 0 heterocycles. The van der Waals surface area contributed by atoms with E-state index in [1.807, 2.05) is 0 Å². The molecule has 0 aliphatic heterocycles. The van der Waals surface area contributed by atoms with Crippen molar-refractivity contribution < 1.29 is 0 Å². The van der Waals surface area contributed by atoms with Gasteiger partial charge in [-0.3, -0.25) is 0 Å². The van der Waals surface area contributed by atoms with Gasteiger partial charge in [-0.2, -0.15) is 0 Å². The molecule has 0 radical (unpaired) electrons. The molecule has 0 aliphatic carbocycles. The van der Waals surface area contributed by atoms with Crippen molar-refractivity contribution in [3.8, 4) is 0 Å². The summed E-state index contributed by atoms with van der Waals surface area (Å²) < 4.78 is 0. The van der Waals surface area contributed by atoms with Gasteiger partial charge in [-0.15, -0.1) is 0 Å². The summed E-state index contributed by atoms with van der Waals surface area (Å²) in [5.74, 6) is 4.27. The fourth-order valence-electron chi connectivity index (χ4n) is 4.05. The van der Waals surface area contributed by atoms with Gasteiger partial charge in [0.05, 0.1) is 8.07 Å². The zero-order chi connectivity index (χ0) is 32.8. The van der Waals surface area contributed by atoms with E-state index in [9.17, 15) is 0 Å². The molecule has 0 saturated heterocycles. The van der Waals surface area contributed by atoms with E-state index in [4.69, 9.17) is 0 Å².